The van der Waals surface area contributed by atoms with Gasteiger partial charge in [0.1, 0.15) is 5.75 Å². The molecule has 4 nitrogen and oxygen atoms in total. The average Bonchev–Trinajstić information content (AvgIpc) is 2.44. The average molecular weight is 278 g/mol. The zero-order valence-corrected chi connectivity index (χ0v) is 12.8. The number of aliphatic hydroxyl groups is 1. The third kappa shape index (κ3) is 3.51. The predicted molar refractivity (Wildman–Crippen MR) is 81.0 cm³/mol. The van der Waals surface area contributed by atoms with Crippen LogP contribution in [0.5, 0.6) is 5.75 Å². The van der Waals surface area contributed by atoms with Crippen LogP contribution in [0.2, 0.25) is 0 Å². The number of likely N-dealkylation sites (N-methyl/N-ethyl adjacent to an activating group) is 1. The van der Waals surface area contributed by atoms with Gasteiger partial charge < -0.3 is 15.2 Å². The number of methoxy groups -OCH3 is 1. The molecule has 0 aliphatic carbocycles. The van der Waals surface area contributed by atoms with Gasteiger partial charge in [0.15, 0.2) is 0 Å². The molecule has 20 heavy (non-hydrogen) atoms. The van der Waals surface area contributed by atoms with Crippen molar-refractivity contribution in [1.82, 2.24) is 10.2 Å². The fraction of sp³-hybridized carbons (Fsp3) is 0.625. The molecule has 0 amide bonds. The van der Waals surface area contributed by atoms with Crippen molar-refractivity contribution < 1.29 is 9.84 Å². The number of aliphatic hydroxyl groups excluding tert-OH is 1. The van der Waals surface area contributed by atoms with Gasteiger partial charge in [-0.3, -0.25) is 4.90 Å². The Morgan fingerprint density at radius 3 is 2.90 bits per heavy atom. The standard InChI is InChI=1S/C16H26N2O2/c1-12-7-13-8-14(10-17-5-4-6-19)16(20-3)9-15(13)11-18(12)2/h8-9,12,17,19H,4-7,10-11H2,1-3H3. The van der Waals surface area contributed by atoms with E-state index in [4.69, 9.17) is 9.84 Å². The zero-order chi connectivity index (χ0) is 14.5. The molecule has 0 radical (unpaired) electrons. The van der Waals surface area contributed by atoms with Crippen LogP contribution in [0.3, 0.4) is 0 Å². The van der Waals surface area contributed by atoms with E-state index in [0.29, 0.717) is 6.04 Å². The molecule has 1 aromatic rings. The molecular formula is C16H26N2O2. The van der Waals surface area contributed by atoms with Gasteiger partial charge in [0.05, 0.1) is 7.11 Å². The van der Waals surface area contributed by atoms with E-state index < -0.39 is 0 Å². The summed E-state index contributed by atoms with van der Waals surface area (Å²) in [6.45, 7) is 5.12. The SMILES string of the molecule is COc1cc2c(cc1CNCCCO)CC(C)N(C)C2. The maximum Gasteiger partial charge on any atom is 0.123 e. The molecule has 2 rings (SSSR count). The third-order valence-electron chi connectivity index (χ3n) is 4.12. The molecule has 1 unspecified atom stereocenters. The van der Waals surface area contributed by atoms with Gasteiger partial charge >= 0.3 is 0 Å². The molecule has 0 saturated heterocycles. The smallest absolute Gasteiger partial charge is 0.123 e. The Hall–Kier alpha value is -1.10. The number of ether oxygens (including phenoxy) is 1. The zero-order valence-electron chi connectivity index (χ0n) is 12.8. The fourth-order valence-corrected chi connectivity index (χ4v) is 2.71. The molecule has 2 N–H and O–H groups in total. The number of hydrogen-bond acceptors (Lipinski definition) is 4. The van der Waals surface area contributed by atoms with E-state index in [0.717, 1.165) is 38.2 Å². The Morgan fingerprint density at radius 2 is 2.20 bits per heavy atom. The van der Waals surface area contributed by atoms with E-state index in [-0.39, 0.29) is 6.61 Å². The van der Waals surface area contributed by atoms with Gasteiger partial charge in [-0.15, -0.1) is 0 Å². The minimum atomic E-state index is 0.234. The molecule has 1 heterocycles. The van der Waals surface area contributed by atoms with Gasteiger partial charge in [-0.2, -0.15) is 0 Å². The van der Waals surface area contributed by atoms with Crippen molar-refractivity contribution in [2.45, 2.75) is 38.9 Å². The van der Waals surface area contributed by atoms with Crippen LogP contribution in [-0.2, 0) is 19.5 Å². The molecular weight excluding hydrogens is 252 g/mol. The molecule has 1 aliphatic heterocycles. The van der Waals surface area contributed by atoms with Gasteiger partial charge in [-0.05, 0) is 50.6 Å². The van der Waals surface area contributed by atoms with Gasteiger partial charge in [0.25, 0.3) is 0 Å². The molecule has 0 saturated carbocycles. The highest BCUT2D eigenvalue weighted by atomic mass is 16.5. The van der Waals surface area contributed by atoms with Gasteiger partial charge in [-0.1, -0.05) is 6.07 Å². The van der Waals surface area contributed by atoms with E-state index in [1.54, 1.807) is 7.11 Å². The Bertz CT molecular complexity index is 448. The van der Waals surface area contributed by atoms with E-state index in [9.17, 15) is 0 Å². The van der Waals surface area contributed by atoms with E-state index in [2.05, 4.69) is 36.3 Å². The number of rotatable bonds is 6. The maximum absolute atomic E-state index is 8.81. The van der Waals surface area contributed by atoms with Crippen molar-refractivity contribution in [3.05, 3.63) is 28.8 Å². The van der Waals surface area contributed by atoms with Gasteiger partial charge in [0.2, 0.25) is 0 Å². The van der Waals surface area contributed by atoms with Crippen molar-refractivity contribution in [3.63, 3.8) is 0 Å². The highest BCUT2D eigenvalue weighted by molar-refractivity contribution is 5.44. The van der Waals surface area contributed by atoms with Crippen LogP contribution in [0.4, 0.5) is 0 Å². The Balaban J connectivity index is 2.14. The lowest BCUT2D eigenvalue weighted by atomic mass is 9.93. The Kier molecular flexibility index (Phi) is 5.40. The summed E-state index contributed by atoms with van der Waals surface area (Å²) in [6, 6.07) is 5.05. The van der Waals surface area contributed by atoms with E-state index >= 15 is 0 Å². The first-order chi connectivity index (χ1) is 9.65. The van der Waals surface area contributed by atoms with Crippen LogP contribution >= 0.6 is 0 Å². The molecule has 112 valence electrons. The predicted octanol–water partition coefficient (Wildman–Crippen LogP) is 1.54. The molecule has 0 bridgehead atoms. The summed E-state index contributed by atoms with van der Waals surface area (Å²) in [4.78, 5) is 2.38. The Labute approximate surface area is 121 Å². The number of fused-ring (bicyclic) bond motifs is 1. The molecule has 1 atom stereocenters. The van der Waals surface area contributed by atoms with Gasteiger partial charge in [0, 0.05) is 31.3 Å². The summed E-state index contributed by atoms with van der Waals surface area (Å²) >= 11 is 0. The molecule has 4 heteroatoms. The summed E-state index contributed by atoms with van der Waals surface area (Å²) < 4.78 is 5.52. The minimum absolute atomic E-state index is 0.234. The lowest BCUT2D eigenvalue weighted by Gasteiger charge is -2.32. The van der Waals surface area contributed by atoms with Crippen LogP contribution in [0.1, 0.15) is 30.0 Å². The number of hydrogen-bond donors (Lipinski definition) is 2. The maximum atomic E-state index is 8.81. The van der Waals surface area contributed by atoms with Crippen LogP contribution in [0.15, 0.2) is 12.1 Å². The largest absolute Gasteiger partial charge is 0.496 e. The molecule has 0 fully saturated rings. The normalized spacial score (nSPS) is 18.9. The topological polar surface area (TPSA) is 44.7 Å². The highest BCUT2D eigenvalue weighted by Crippen LogP contribution is 2.29. The summed E-state index contributed by atoms with van der Waals surface area (Å²) in [5.41, 5.74) is 4.03. The van der Waals surface area contributed by atoms with Crippen molar-refractivity contribution >= 4 is 0 Å². The molecule has 0 aromatic heterocycles. The molecule has 1 aromatic carbocycles. The first-order valence-corrected chi connectivity index (χ1v) is 7.36. The van der Waals surface area contributed by atoms with E-state index in [1.807, 2.05) is 0 Å². The van der Waals surface area contributed by atoms with Crippen LogP contribution in [0.25, 0.3) is 0 Å². The lowest BCUT2D eigenvalue weighted by Crippen LogP contribution is -2.35. The number of nitrogens with zero attached hydrogens (tertiary/aromatic N) is 1. The quantitative estimate of drug-likeness (QED) is 0.775. The van der Waals surface area contributed by atoms with Crippen molar-refractivity contribution in [2.75, 3.05) is 27.3 Å². The third-order valence-corrected chi connectivity index (χ3v) is 4.12. The lowest BCUT2D eigenvalue weighted by molar-refractivity contribution is 0.230. The number of nitrogens with one attached hydrogen (secondary N) is 1. The summed E-state index contributed by atoms with van der Waals surface area (Å²) in [5, 5.41) is 12.2. The molecule has 0 spiro atoms. The second kappa shape index (κ2) is 7.07. The first kappa shape index (κ1) is 15.3. The highest BCUT2D eigenvalue weighted by Gasteiger charge is 2.21. The summed E-state index contributed by atoms with van der Waals surface area (Å²) in [5.74, 6) is 0.961. The molecule has 1 aliphatic rings. The fourth-order valence-electron chi connectivity index (χ4n) is 2.71. The van der Waals surface area contributed by atoms with Gasteiger partial charge in [-0.25, -0.2) is 0 Å². The van der Waals surface area contributed by atoms with Crippen molar-refractivity contribution in [2.24, 2.45) is 0 Å². The summed E-state index contributed by atoms with van der Waals surface area (Å²) in [6.07, 6.45) is 1.88. The van der Waals surface area contributed by atoms with E-state index in [1.165, 1.54) is 16.7 Å². The Morgan fingerprint density at radius 1 is 1.40 bits per heavy atom. The van der Waals surface area contributed by atoms with Crippen LogP contribution < -0.4 is 10.1 Å². The first-order valence-electron chi connectivity index (χ1n) is 7.36. The summed E-state index contributed by atoms with van der Waals surface area (Å²) in [7, 11) is 3.90. The number of benzene rings is 1. The van der Waals surface area contributed by atoms with Crippen LogP contribution in [-0.4, -0.2) is 43.4 Å². The second-order valence-corrected chi connectivity index (χ2v) is 5.65. The second-order valence-electron chi connectivity index (χ2n) is 5.65. The van der Waals surface area contributed by atoms with Crippen molar-refractivity contribution in [3.8, 4) is 5.75 Å². The monoisotopic (exact) mass is 278 g/mol. The minimum Gasteiger partial charge on any atom is -0.496 e. The van der Waals surface area contributed by atoms with Crippen LogP contribution in [0, 0.1) is 0 Å². The van der Waals surface area contributed by atoms with Crippen molar-refractivity contribution in [1.29, 1.82) is 0 Å².